The molecule has 1 fully saturated rings. The molecule has 0 bridgehead atoms. The lowest BCUT2D eigenvalue weighted by atomic mass is 9.83. The van der Waals surface area contributed by atoms with E-state index in [-0.39, 0.29) is 18.3 Å². The fraction of sp³-hybridized carbons (Fsp3) is 0.636. The normalized spacial score (nSPS) is 16.6. The molecule has 0 amide bonds. The maximum atomic E-state index is 6.17. The van der Waals surface area contributed by atoms with Crippen LogP contribution in [0.2, 0.25) is 0 Å². The first-order valence-corrected chi connectivity index (χ1v) is 20.2. The van der Waals surface area contributed by atoms with Crippen LogP contribution in [0.15, 0.2) is 58.6 Å². The molecule has 1 aliphatic heterocycles. The minimum absolute atomic E-state index is 0.277. The van der Waals surface area contributed by atoms with Gasteiger partial charge in [-0.05, 0) is 127 Å². The summed E-state index contributed by atoms with van der Waals surface area (Å²) in [5, 5.41) is 0. The number of unbranched alkanes of at least 4 members (excludes halogenated alkanes) is 4. The van der Waals surface area contributed by atoms with E-state index in [1.807, 2.05) is 0 Å². The standard InChI is InChI=1S/C25H41BO2.C19H29I/c1-9-21(19-26-27-24(5,6)25(7,8)28-26)22-16-13-15-20(18-22)14-11-10-12-17-23(2,3)4;1-5-17(15-20)18-12-9-11-16(14-18)10-7-6-8-13-19(2,3)4/h13,15-16,18-19H,9-12,14,17H2,1-8H3;9,11-12,14-15H,5-8,10,13H2,1-4H3/b21-19+;17-15+. The van der Waals surface area contributed by atoms with Gasteiger partial charge in [0.25, 0.3) is 0 Å². The quantitative estimate of drug-likeness (QED) is 0.102. The van der Waals surface area contributed by atoms with Crippen molar-refractivity contribution in [3.8, 4) is 0 Å². The van der Waals surface area contributed by atoms with Gasteiger partial charge in [0.2, 0.25) is 0 Å². The Kier molecular flexibility index (Phi) is 17.7. The molecule has 2 nitrogen and oxygen atoms in total. The van der Waals surface area contributed by atoms with Gasteiger partial charge in [-0.2, -0.15) is 0 Å². The number of hydrogen-bond donors (Lipinski definition) is 0. The molecule has 0 aliphatic carbocycles. The summed E-state index contributed by atoms with van der Waals surface area (Å²) in [4.78, 5) is 0. The van der Waals surface area contributed by atoms with Crippen molar-refractivity contribution in [2.75, 3.05) is 0 Å². The molecule has 1 heterocycles. The van der Waals surface area contributed by atoms with E-state index in [1.165, 1.54) is 91.2 Å². The van der Waals surface area contributed by atoms with E-state index >= 15 is 0 Å². The Hall–Kier alpha value is -1.37. The zero-order valence-electron chi connectivity index (χ0n) is 33.0. The number of allylic oxidation sites excluding steroid dienone is 2. The van der Waals surface area contributed by atoms with E-state index in [1.54, 1.807) is 0 Å². The van der Waals surface area contributed by atoms with Crippen LogP contribution in [0.25, 0.3) is 11.1 Å². The van der Waals surface area contributed by atoms with Gasteiger partial charge in [-0.3, -0.25) is 0 Å². The summed E-state index contributed by atoms with van der Waals surface area (Å²) in [6.45, 7) is 26.8. The van der Waals surface area contributed by atoms with E-state index in [4.69, 9.17) is 9.31 Å². The van der Waals surface area contributed by atoms with Crippen molar-refractivity contribution in [2.24, 2.45) is 10.8 Å². The number of aryl methyl sites for hydroxylation is 2. The molecule has 0 N–H and O–H groups in total. The van der Waals surface area contributed by atoms with Crippen LogP contribution in [-0.4, -0.2) is 18.3 Å². The summed E-state index contributed by atoms with van der Waals surface area (Å²) >= 11 is 2.35. The highest BCUT2D eigenvalue weighted by atomic mass is 127. The summed E-state index contributed by atoms with van der Waals surface area (Å²) < 4.78 is 14.5. The van der Waals surface area contributed by atoms with Crippen molar-refractivity contribution < 1.29 is 9.31 Å². The highest BCUT2D eigenvalue weighted by Crippen LogP contribution is 2.38. The molecule has 268 valence electrons. The Bertz CT molecular complexity index is 1280. The van der Waals surface area contributed by atoms with Gasteiger partial charge in [0.1, 0.15) is 0 Å². The first-order valence-electron chi connectivity index (χ1n) is 18.9. The first kappa shape index (κ1) is 42.8. The highest BCUT2D eigenvalue weighted by molar-refractivity contribution is 14.1. The highest BCUT2D eigenvalue weighted by Gasteiger charge is 2.50. The third kappa shape index (κ3) is 15.7. The monoisotopic (exact) mass is 768 g/mol. The molecule has 0 saturated carbocycles. The second kappa shape index (κ2) is 19.9. The second-order valence-corrected chi connectivity index (χ2v) is 17.9. The Labute approximate surface area is 311 Å². The Morgan fingerprint density at radius 3 is 1.44 bits per heavy atom. The van der Waals surface area contributed by atoms with Gasteiger partial charge < -0.3 is 9.31 Å². The zero-order valence-corrected chi connectivity index (χ0v) is 35.2. The Balaban J connectivity index is 0.000000353. The van der Waals surface area contributed by atoms with Gasteiger partial charge >= 0.3 is 7.12 Å². The van der Waals surface area contributed by atoms with E-state index in [0.29, 0.717) is 10.8 Å². The van der Waals surface area contributed by atoms with E-state index in [2.05, 4.69) is 164 Å². The number of benzene rings is 2. The molecular formula is C44H70BIO2. The number of hydrogen-bond acceptors (Lipinski definition) is 2. The average Bonchev–Trinajstić information content (AvgIpc) is 3.20. The molecule has 0 aromatic heterocycles. The van der Waals surface area contributed by atoms with Crippen LogP contribution < -0.4 is 0 Å². The average molecular weight is 769 g/mol. The lowest BCUT2D eigenvalue weighted by Gasteiger charge is -2.32. The summed E-state index contributed by atoms with van der Waals surface area (Å²) in [6.07, 6.45) is 15.0. The molecule has 2 aromatic carbocycles. The van der Waals surface area contributed by atoms with Crippen molar-refractivity contribution in [3.63, 3.8) is 0 Å². The van der Waals surface area contributed by atoms with Crippen LogP contribution in [0.5, 0.6) is 0 Å². The Morgan fingerprint density at radius 2 is 1.06 bits per heavy atom. The van der Waals surface area contributed by atoms with Crippen molar-refractivity contribution in [2.45, 2.75) is 171 Å². The molecule has 0 radical (unpaired) electrons. The van der Waals surface area contributed by atoms with Crippen molar-refractivity contribution in [1.82, 2.24) is 0 Å². The van der Waals surface area contributed by atoms with E-state index < -0.39 is 0 Å². The fourth-order valence-corrected chi connectivity index (χ4v) is 6.86. The van der Waals surface area contributed by atoms with E-state index in [0.717, 1.165) is 19.3 Å². The second-order valence-electron chi connectivity index (χ2n) is 17.3. The molecule has 4 heteroatoms. The zero-order chi connectivity index (χ0) is 36.0. The predicted molar refractivity (Wildman–Crippen MR) is 223 cm³/mol. The fourth-order valence-electron chi connectivity index (χ4n) is 6.06. The topological polar surface area (TPSA) is 18.5 Å². The van der Waals surface area contributed by atoms with Gasteiger partial charge in [-0.15, -0.1) is 0 Å². The molecule has 0 atom stereocenters. The van der Waals surface area contributed by atoms with Gasteiger partial charge in [-0.1, -0.05) is 158 Å². The Morgan fingerprint density at radius 1 is 0.646 bits per heavy atom. The van der Waals surface area contributed by atoms with Crippen LogP contribution in [0.3, 0.4) is 0 Å². The molecular weight excluding hydrogens is 698 g/mol. The third-order valence-corrected chi connectivity index (χ3v) is 10.6. The van der Waals surface area contributed by atoms with Gasteiger partial charge in [-0.25, -0.2) is 0 Å². The SMILES string of the molecule is CC/C(=C\B1OC(C)(C)C(C)(C)O1)c1cccc(CCCCCC(C)(C)C)c1.CC/C(=C\I)c1cccc(CCCCCC(C)(C)C)c1. The van der Waals surface area contributed by atoms with E-state index in [9.17, 15) is 0 Å². The molecule has 3 rings (SSSR count). The number of rotatable bonds is 15. The minimum Gasteiger partial charge on any atom is -0.400 e. The third-order valence-electron chi connectivity index (χ3n) is 9.88. The van der Waals surface area contributed by atoms with Crippen LogP contribution in [0, 0.1) is 10.8 Å². The van der Waals surface area contributed by atoms with Crippen LogP contribution >= 0.6 is 22.6 Å². The van der Waals surface area contributed by atoms with Gasteiger partial charge in [0, 0.05) is 0 Å². The molecule has 48 heavy (non-hydrogen) atoms. The summed E-state index contributed by atoms with van der Waals surface area (Å²) in [7, 11) is -0.277. The predicted octanol–water partition coefficient (Wildman–Crippen LogP) is 14.3. The number of halogens is 1. The molecule has 1 aliphatic rings. The van der Waals surface area contributed by atoms with Gasteiger partial charge in [0.05, 0.1) is 11.2 Å². The maximum absolute atomic E-state index is 6.17. The van der Waals surface area contributed by atoms with Crippen molar-refractivity contribution >= 4 is 40.9 Å². The first-order chi connectivity index (χ1) is 22.4. The molecule has 1 saturated heterocycles. The minimum atomic E-state index is -0.290. The van der Waals surface area contributed by atoms with Crippen molar-refractivity contribution in [3.05, 3.63) is 80.8 Å². The molecule has 0 unspecified atom stereocenters. The molecule has 2 aromatic rings. The lowest BCUT2D eigenvalue weighted by Crippen LogP contribution is -2.41. The largest absolute Gasteiger partial charge is 0.487 e. The summed E-state index contributed by atoms with van der Waals surface area (Å²) in [5.74, 6) is 2.17. The lowest BCUT2D eigenvalue weighted by molar-refractivity contribution is 0.00578. The van der Waals surface area contributed by atoms with Crippen LogP contribution in [-0.2, 0) is 22.2 Å². The van der Waals surface area contributed by atoms with Crippen LogP contribution in [0.1, 0.15) is 170 Å². The summed E-state index contributed by atoms with van der Waals surface area (Å²) in [6, 6.07) is 18.1. The van der Waals surface area contributed by atoms with Crippen LogP contribution in [0.4, 0.5) is 0 Å². The van der Waals surface area contributed by atoms with Crippen molar-refractivity contribution in [1.29, 1.82) is 0 Å². The summed E-state index contributed by atoms with van der Waals surface area (Å²) in [5.41, 5.74) is 8.72. The molecule has 0 spiro atoms. The smallest absolute Gasteiger partial charge is 0.400 e. The maximum Gasteiger partial charge on any atom is 0.487 e. The van der Waals surface area contributed by atoms with Gasteiger partial charge in [0.15, 0.2) is 0 Å².